The maximum Gasteiger partial charge on any atom is 0.243 e. The van der Waals surface area contributed by atoms with E-state index in [9.17, 15) is 9.59 Å². The Balaban J connectivity index is 1.47. The van der Waals surface area contributed by atoms with E-state index in [1.165, 1.54) is 5.56 Å². The first-order valence-corrected chi connectivity index (χ1v) is 11.1. The minimum Gasteiger partial charge on any atom is -0.493 e. The highest BCUT2D eigenvalue weighted by Crippen LogP contribution is 2.39. The number of benzene rings is 1. The van der Waals surface area contributed by atoms with E-state index in [-0.39, 0.29) is 30.6 Å². The number of ether oxygens (including phenoxy) is 3. The van der Waals surface area contributed by atoms with Crippen LogP contribution in [0.25, 0.3) is 0 Å². The summed E-state index contributed by atoms with van der Waals surface area (Å²) in [5.41, 5.74) is 6.44. The van der Waals surface area contributed by atoms with Gasteiger partial charge in [-0.2, -0.15) is 0 Å². The van der Waals surface area contributed by atoms with Crippen molar-refractivity contribution in [2.75, 3.05) is 33.0 Å². The molecule has 2 fully saturated rings. The maximum absolute atomic E-state index is 12.9. The van der Waals surface area contributed by atoms with Crippen LogP contribution in [-0.4, -0.2) is 61.8 Å². The van der Waals surface area contributed by atoms with Gasteiger partial charge in [-0.25, -0.2) is 0 Å². The van der Waals surface area contributed by atoms with Gasteiger partial charge in [0.05, 0.1) is 38.4 Å². The zero-order valence-corrected chi connectivity index (χ0v) is 17.5. The summed E-state index contributed by atoms with van der Waals surface area (Å²) in [5.74, 6) is 1.15. The Labute approximate surface area is 177 Å². The Morgan fingerprint density at radius 2 is 1.97 bits per heavy atom. The molecule has 30 heavy (non-hydrogen) atoms. The number of nitrogens with two attached hydrogens (primary N) is 1. The summed E-state index contributed by atoms with van der Waals surface area (Å²) in [6.45, 7) is 1.90. The van der Waals surface area contributed by atoms with Crippen LogP contribution in [0, 0.1) is 5.92 Å². The van der Waals surface area contributed by atoms with Crippen molar-refractivity contribution in [3.8, 4) is 5.75 Å². The molecule has 1 aromatic carbocycles. The highest BCUT2D eigenvalue weighted by atomic mass is 16.5. The molecule has 1 aliphatic carbocycles. The normalized spacial score (nSPS) is 29.6. The van der Waals surface area contributed by atoms with Crippen LogP contribution in [0.15, 0.2) is 24.3 Å². The molecule has 164 valence electrons. The summed E-state index contributed by atoms with van der Waals surface area (Å²) >= 11 is 0. The van der Waals surface area contributed by atoms with Gasteiger partial charge >= 0.3 is 0 Å². The molecule has 5 rings (SSSR count). The average Bonchev–Trinajstić information content (AvgIpc) is 3.15. The molecule has 1 saturated heterocycles. The van der Waals surface area contributed by atoms with Crippen LogP contribution in [0.3, 0.4) is 0 Å². The lowest BCUT2D eigenvalue weighted by Gasteiger charge is -2.34. The minimum atomic E-state index is -0.475. The summed E-state index contributed by atoms with van der Waals surface area (Å²) in [7, 11) is 0. The number of para-hydroxylation sites is 1. The lowest BCUT2D eigenvalue weighted by molar-refractivity contribution is -0.135. The van der Waals surface area contributed by atoms with E-state index in [1.807, 2.05) is 17.0 Å². The first-order chi connectivity index (χ1) is 14.6. The van der Waals surface area contributed by atoms with Crippen molar-refractivity contribution in [2.24, 2.45) is 11.7 Å². The molecule has 2 amide bonds. The number of nitrogens with zero attached hydrogens (tertiary/aromatic N) is 1. The smallest absolute Gasteiger partial charge is 0.243 e. The van der Waals surface area contributed by atoms with E-state index in [0.717, 1.165) is 37.9 Å². The molecule has 1 aromatic rings. The number of primary amides is 1. The summed E-state index contributed by atoms with van der Waals surface area (Å²) in [6, 6.07) is 8.19. The summed E-state index contributed by atoms with van der Waals surface area (Å²) < 4.78 is 17.9. The number of carbonyl (C=O) groups is 2. The summed E-state index contributed by atoms with van der Waals surface area (Å²) in [4.78, 5) is 25.9. The molecule has 0 radical (unpaired) electrons. The Morgan fingerprint density at radius 3 is 2.77 bits per heavy atom. The van der Waals surface area contributed by atoms with Crippen molar-refractivity contribution in [1.29, 1.82) is 0 Å². The second-order valence-corrected chi connectivity index (χ2v) is 8.63. The number of rotatable bonds is 4. The molecule has 4 aliphatic rings. The number of carbonyl (C=O) groups excluding carboxylic acids is 2. The highest BCUT2D eigenvalue weighted by molar-refractivity contribution is 5.77. The molecule has 2 N–H and O–H groups in total. The molecule has 3 aliphatic heterocycles. The van der Waals surface area contributed by atoms with Crippen molar-refractivity contribution < 1.29 is 23.8 Å². The third-order valence-corrected chi connectivity index (χ3v) is 6.69. The van der Waals surface area contributed by atoms with Gasteiger partial charge in [0.1, 0.15) is 12.4 Å². The van der Waals surface area contributed by atoms with Gasteiger partial charge < -0.3 is 24.8 Å². The second kappa shape index (κ2) is 9.79. The third-order valence-electron chi connectivity index (χ3n) is 6.69. The number of hydrogen-bond donors (Lipinski definition) is 1. The van der Waals surface area contributed by atoms with Gasteiger partial charge in [0.15, 0.2) is 0 Å². The summed E-state index contributed by atoms with van der Waals surface area (Å²) in [5, 5.41) is 0. The minimum absolute atomic E-state index is 0.0293. The fraction of sp³-hybridized carbons (Fsp3) is 0.652. The Kier molecular flexibility index (Phi) is 6.89. The van der Waals surface area contributed by atoms with Crippen LogP contribution < -0.4 is 10.5 Å². The monoisotopic (exact) mass is 416 g/mol. The molecule has 7 heteroatoms. The maximum atomic E-state index is 12.9. The molecule has 0 spiro atoms. The molecule has 7 nitrogen and oxygen atoms in total. The van der Waals surface area contributed by atoms with E-state index < -0.39 is 5.91 Å². The zero-order chi connectivity index (χ0) is 20.9. The van der Waals surface area contributed by atoms with Crippen LogP contribution in [0.5, 0.6) is 5.75 Å². The number of amides is 2. The standard InChI is InChI=1S/C23H32N2O5/c24-22(26)15-28-13-17-9-11-25-20(17)14-30-18-7-5-16(6-8-18)19-3-1-2-4-21(19)29-12-10-23(25)27/h1-4,16-18,20H,5-15H2,(H2,24,26)/t16?,17?,18?,20-/m1/s1. The van der Waals surface area contributed by atoms with E-state index in [0.29, 0.717) is 38.7 Å². The highest BCUT2D eigenvalue weighted by Gasteiger charge is 2.38. The predicted molar refractivity (Wildman–Crippen MR) is 111 cm³/mol. The van der Waals surface area contributed by atoms with Gasteiger partial charge in [-0.15, -0.1) is 0 Å². The van der Waals surface area contributed by atoms with E-state index in [4.69, 9.17) is 19.9 Å². The van der Waals surface area contributed by atoms with Crippen LogP contribution in [0.4, 0.5) is 0 Å². The molecular weight excluding hydrogens is 384 g/mol. The molecular formula is C23H32N2O5. The fourth-order valence-electron chi connectivity index (χ4n) is 5.07. The van der Waals surface area contributed by atoms with Crippen molar-refractivity contribution in [2.45, 2.75) is 56.6 Å². The molecule has 0 aromatic heterocycles. The van der Waals surface area contributed by atoms with Crippen molar-refractivity contribution >= 4 is 11.8 Å². The number of hydrogen-bond acceptors (Lipinski definition) is 5. The lowest BCUT2D eigenvalue weighted by Crippen LogP contribution is -2.43. The largest absolute Gasteiger partial charge is 0.493 e. The quantitative estimate of drug-likeness (QED) is 0.813. The van der Waals surface area contributed by atoms with Crippen molar-refractivity contribution in [3.05, 3.63) is 29.8 Å². The lowest BCUT2D eigenvalue weighted by atomic mass is 9.82. The van der Waals surface area contributed by atoms with Gasteiger partial charge in [-0.05, 0) is 49.7 Å². The SMILES string of the molecule is NC(=O)COCC1CCN2C(=O)CCOc3ccccc3C3CCC(CC3)OC[C@H]12. The molecule has 1 saturated carbocycles. The Bertz CT molecular complexity index is 747. The Morgan fingerprint density at radius 1 is 1.17 bits per heavy atom. The van der Waals surface area contributed by atoms with Crippen molar-refractivity contribution in [1.82, 2.24) is 4.90 Å². The van der Waals surface area contributed by atoms with Crippen LogP contribution >= 0.6 is 0 Å². The first kappa shape index (κ1) is 21.1. The zero-order valence-electron chi connectivity index (χ0n) is 17.5. The fourth-order valence-corrected chi connectivity index (χ4v) is 5.07. The Hall–Kier alpha value is -2.12. The van der Waals surface area contributed by atoms with Crippen LogP contribution in [0.1, 0.15) is 50.0 Å². The van der Waals surface area contributed by atoms with E-state index in [1.54, 1.807) is 0 Å². The molecule has 2 bridgehead atoms. The first-order valence-electron chi connectivity index (χ1n) is 11.1. The predicted octanol–water partition coefficient (Wildman–Crippen LogP) is 2.23. The summed E-state index contributed by atoms with van der Waals surface area (Å²) in [6.07, 6.45) is 5.61. The van der Waals surface area contributed by atoms with Gasteiger partial charge in [0.25, 0.3) is 0 Å². The van der Waals surface area contributed by atoms with Gasteiger partial charge in [0.2, 0.25) is 11.8 Å². The topological polar surface area (TPSA) is 91.1 Å². The van der Waals surface area contributed by atoms with Gasteiger partial charge in [-0.3, -0.25) is 9.59 Å². The average molecular weight is 417 g/mol. The number of fused-ring (bicyclic) bond motifs is 6. The molecule has 2 atom stereocenters. The second-order valence-electron chi connectivity index (χ2n) is 8.63. The molecule has 1 unspecified atom stereocenters. The van der Waals surface area contributed by atoms with Gasteiger partial charge in [0, 0.05) is 12.5 Å². The van der Waals surface area contributed by atoms with E-state index in [2.05, 4.69) is 12.1 Å². The third kappa shape index (κ3) is 4.95. The van der Waals surface area contributed by atoms with E-state index >= 15 is 0 Å². The van der Waals surface area contributed by atoms with Crippen LogP contribution in [-0.2, 0) is 19.1 Å². The van der Waals surface area contributed by atoms with Gasteiger partial charge in [-0.1, -0.05) is 18.2 Å². The molecule has 3 heterocycles. The van der Waals surface area contributed by atoms with Crippen molar-refractivity contribution in [3.63, 3.8) is 0 Å². The van der Waals surface area contributed by atoms with Crippen LogP contribution in [0.2, 0.25) is 0 Å².